The predicted octanol–water partition coefficient (Wildman–Crippen LogP) is 4.27. The average Bonchev–Trinajstić information content (AvgIpc) is 2.99. The normalized spacial score (nSPS) is 53.4. The van der Waals surface area contributed by atoms with E-state index in [0.29, 0.717) is 31.6 Å². The summed E-state index contributed by atoms with van der Waals surface area (Å²) in [5.74, 6) is -0.0990. The summed E-state index contributed by atoms with van der Waals surface area (Å²) in [6.45, 7) is 14.7. The lowest BCUT2D eigenvalue weighted by Crippen LogP contribution is -2.71. The number of carboxylic acid groups (broad SMARTS) is 1. The molecule has 11 nitrogen and oxygen atoms in total. The van der Waals surface area contributed by atoms with Gasteiger partial charge in [0.25, 0.3) is 0 Å². The van der Waals surface area contributed by atoms with E-state index in [9.17, 15) is 43.3 Å². The van der Waals surface area contributed by atoms with Crippen molar-refractivity contribution in [1.29, 1.82) is 0 Å². The van der Waals surface area contributed by atoms with E-state index in [-0.39, 0.29) is 33.5 Å². The summed E-state index contributed by atoms with van der Waals surface area (Å²) in [5.41, 5.74) is -0.134. The molecule has 48 heavy (non-hydrogen) atoms. The minimum Gasteiger partial charge on any atom is -0.481 e. The van der Waals surface area contributed by atoms with Crippen LogP contribution in [0, 0.1) is 50.2 Å². The molecule has 0 bridgehead atoms. The molecule has 5 fully saturated rings. The molecule has 1 aliphatic heterocycles. The number of ether oxygens (including phenoxy) is 2. The Kier molecular flexibility index (Phi) is 8.55. The smallest absolute Gasteiger partial charge is 0.330 e. The van der Waals surface area contributed by atoms with Crippen LogP contribution in [0.3, 0.4) is 0 Å². The van der Waals surface area contributed by atoms with Crippen molar-refractivity contribution in [2.45, 2.75) is 148 Å². The summed E-state index contributed by atoms with van der Waals surface area (Å²) in [5, 5.41) is 48.7. The number of carboxylic acids is 1. The maximum absolute atomic E-state index is 12.9. The maximum atomic E-state index is 12.9. The van der Waals surface area contributed by atoms with Gasteiger partial charge in [-0.05, 0) is 116 Å². The SMILES string of the molecule is CC1(C(=O)O)CC[C@]2(C)CC[C@]3(C)C(=CC[C@@H]4[C@@]5(C)CC[C@H](O[C@]6(S(=O)(=O)O)O[C@H](CO)[C@@H](O)[C@H](O)[C@H]6O)C(C)(C)C5CC[C@]43C)[C@@H]2C1. The van der Waals surface area contributed by atoms with Crippen molar-refractivity contribution in [1.82, 2.24) is 0 Å². The van der Waals surface area contributed by atoms with Gasteiger partial charge in [0.05, 0.1) is 18.1 Å². The molecule has 0 spiro atoms. The Bertz CT molecular complexity index is 1460. The fourth-order valence-electron chi connectivity index (χ4n) is 12.4. The first kappa shape index (κ1) is 36.7. The van der Waals surface area contributed by atoms with E-state index in [1.165, 1.54) is 5.57 Å². The van der Waals surface area contributed by atoms with Gasteiger partial charge in [0.15, 0.2) is 6.10 Å². The predicted molar refractivity (Wildman–Crippen MR) is 176 cm³/mol. The van der Waals surface area contributed by atoms with Crippen molar-refractivity contribution >= 4 is 16.1 Å². The lowest BCUT2D eigenvalue weighted by atomic mass is 9.33. The Labute approximate surface area is 285 Å². The standard InChI is InChI=1S/C36H58O11S/c1-30(2)23-10-13-35(7)24(9-8-20-21-18-32(4,29(41)42)15-14-31(21,3)16-17-34(20,35)6)33(23,5)12-11-25(30)47-36(48(43,44)45)28(40)27(39)26(38)22(19-37)46-36/h8,21-28,37-40H,9-19H2,1-7H3,(H,41,42)(H,43,44,45)/t21-,22+,23?,24+,25-,26+,27-,28+,31+,32?,33-,34+,35+,36+/m0/s1. The molecule has 5 aliphatic carbocycles. The molecular formula is C36H58O11S. The molecule has 0 amide bonds. The molecule has 274 valence electrons. The van der Waals surface area contributed by atoms with Crippen LogP contribution in [0.5, 0.6) is 0 Å². The van der Waals surface area contributed by atoms with Crippen LogP contribution in [-0.4, -0.2) is 86.7 Å². The quantitative estimate of drug-likeness (QED) is 0.137. The van der Waals surface area contributed by atoms with Crippen LogP contribution in [0.4, 0.5) is 0 Å². The van der Waals surface area contributed by atoms with Gasteiger partial charge in [0, 0.05) is 0 Å². The van der Waals surface area contributed by atoms with E-state index in [0.717, 1.165) is 38.5 Å². The zero-order valence-corrected chi connectivity index (χ0v) is 30.4. The number of aliphatic hydroxyl groups excluding tert-OH is 4. The third-order valence-corrected chi connectivity index (χ3v) is 17.0. The van der Waals surface area contributed by atoms with Crippen molar-refractivity contribution in [2.75, 3.05) is 6.61 Å². The van der Waals surface area contributed by atoms with Gasteiger partial charge in [-0.3, -0.25) is 9.35 Å². The van der Waals surface area contributed by atoms with Gasteiger partial charge >= 0.3 is 21.2 Å². The van der Waals surface area contributed by atoms with Crippen molar-refractivity contribution < 1.29 is 52.8 Å². The maximum Gasteiger partial charge on any atom is 0.330 e. The number of aliphatic carboxylic acids is 1. The highest BCUT2D eigenvalue weighted by Gasteiger charge is 2.70. The van der Waals surface area contributed by atoms with Crippen molar-refractivity contribution in [3.05, 3.63) is 11.6 Å². The van der Waals surface area contributed by atoms with Gasteiger partial charge in [0.1, 0.15) is 18.3 Å². The molecule has 14 atom stereocenters. The molecule has 6 N–H and O–H groups in total. The minimum absolute atomic E-state index is 0.0442. The van der Waals surface area contributed by atoms with Crippen LogP contribution in [0.15, 0.2) is 11.6 Å². The monoisotopic (exact) mass is 698 g/mol. The molecule has 4 saturated carbocycles. The van der Waals surface area contributed by atoms with Gasteiger partial charge in [0.2, 0.25) is 0 Å². The summed E-state index contributed by atoms with van der Waals surface area (Å²) in [7, 11) is -5.33. The molecule has 1 saturated heterocycles. The van der Waals surface area contributed by atoms with E-state index in [2.05, 4.69) is 33.8 Å². The van der Waals surface area contributed by atoms with Crippen LogP contribution in [-0.2, 0) is 24.4 Å². The van der Waals surface area contributed by atoms with Crippen molar-refractivity contribution in [3.63, 3.8) is 0 Å². The van der Waals surface area contributed by atoms with Gasteiger partial charge in [-0.15, -0.1) is 0 Å². The molecule has 0 aromatic rings. The highest BCUT2D eigenvalue weighted by atomic mass is 32.2. The van der Waals surface area contributed by atoms with E-state index in [1.54, 1.807) is 0 Å². The second-order valence-corrected chi connectivity index (χ2v) is 19.9. The van der Waals surface area contributed by atoms with Crippen molar-refractivity contribution in [2.24, 2.45) is 50.2 Å². The topological polar surface area (TPSA) is 191 Å². The van der Waals surface area contributed by atoms with Gasteiger partial charge < -0.3 is 35.0 Å². The first-order valence-corrected chi connectivity index (χ1v) is 19.3. The highest BCUT2D eigenvalue weighted by molar-refractivity contribution is 7.87. The van der Waals surface area contributed by atoms with E-state index >= 15 is 0 Å². The van der Waals surface area contributed by atoms with Crippen LogP contribution in [0.25, 0.3) is 0 Å². The van der Waals surface area contributed by atoms with Gasteiger partial charge in [-0.25, -0.2) is 0 Å². The molecule has 6 aliphatic rings. The highest BCUT2D eigenvalue weighted by Crippen LogP contribution is 2.76. The van der Waals surface area contributed by atoms with Crippen molar-refractivity contribution in [3.8, 4) is 0 Å². The number of aliphatic hydroxyl groups is 4. The number of allylic oxidation sites excluding steroid dienone is 2. The summed E-state index contributed by atoms with van der Waals surface area (Å²) < 4.78 is 47.9. The van der Waals surface area contributed by atoms with Crippen LogP contribution < -0.4 is 0 Å². The molecule has 0 aromatic heterocycles. The third kappa shape index (κ3) is 4.75. The average molecular weight is 699 g/mol. The second kappa shape index (κ2) is 11.2. The fraction of sp³-hybridized carbons (Fsp3) is 0.917. The Balaban J connectivity index is 1.33. The Hall–Kier alpha value is -1.12. The molecule has 0 aromatic carbocycles. The molecule has 1 heterocycles. The largest absolute Gasteiger partial charge is 0.481 e. The first-order chi connectivity index (χ1) is 22.0. The Morgan fingerprint density at radius 1 is 0.917 bits per heavy atom. The molecule has 6 rings (SSSR count). The summed E-state index contributed by atoms with van der Waals surface area (Å²) in [4.78, 5) is 12.4. The van der Waals surface area contributed by atoms with Gasteiger partial charge in [-0.1, -0.05) is 53.2 Å². The Morgan fingerprint density at radius 2 is 1.56 bits per heavy atom. The summed E-state index contributed by atoms with van der Waals surface area (Å²) >= 11 is 0. The second-order valence-electron chi connectivity index (χ2n) is 18.4. The molecule has 0 radical (unpaired) electrons. The van der Waals surface area contributed by atoms with E-state index in [4.69, 9.17) is 9.47 Å². The zero-order chi connectivity index (χ0) is 35.7. The van der Waals surface area contributed by atoms with E-state index in [1.807, 2.05) is 20.8 Å². The molecular weight excluding hydrogens is 640 g/mol. The van der Waals surface area contributed by atoms with Gasteiger partial charge in [-0.2, -0.15) is 8.42 Å². The summed E-state index contributed by atoms with van der Waals surface area (Å²) in [6.07, 6.45) is 2.03. The number of hydrogen-bond acceptors (Lipinski definition) is 9. The molecule has 2 unspecified atom stereocenters. The lowest BCUT2D eigenvalue weighted by molar-refractivity contribution is -0.353. The minimum atomic E-state index is -5.33. The van der Waals surface area contributed by atoms with E-state index < -0.39 is 69.2 Å². The van der Waals surface area contributed by atoms with Crippen LogP contribution >= 0.6 is 0 Å². The first-order valence-electron chi connectivity index (χ1n) is 17.9. The third-order valence-electron chi connectivity index (χ3n) is 15.9. The zero-order valence-electron chi connectivity index (χ0n) is 29.6. The number of hydrogen-bond donors (Lipinski definition) is 6. The number of carbonyl (C=O) groups is 1. The fourth-order valence-corrected chi connectivity index (χ4v) is 13.3. The van der Waals surface area contributed by atoms with Crippen LogP contribution in [0.2, 0.25) is 0 Å². The Morgan fingerprint density at radius 3 is 2.17 bits per heavy atom. The van der Waals surface area contributed by atoms with Crippen LogP contribution in [0.1, 0.15) is 113 Å². The molecule has 12 heteroatoms. The number of rotatable bonds is 5. The number of fused-ring (bicyclic) bond motifs is 7. The summed E-state index contributed by atoms with van der Waals surface area (Å²) in [6, 6.07) is 0. The lowest BCUT2D eigenvalue weighted by Gasteiger charge is -2.71.